The Bertz CT molecular complexity index is 423. The molecule has 0 spiro atoms. The fraction of sp³-hybridized carbons (Fsp3) is 0.533. The van der Waals surface area contributed by atoms with Crippen molar-refractivity contribution in [3.63, 3.8) is 0 Å². The monoisotopic (exact) mass is 299 g/mol. The van der Waals surface area contributed by atoms with E-state index in [-0.39, 0.29) is 17.4 Å². The maximum absolute atomic E-state index is 12.0. The van der Waals surface area contributed by atoms with Crippen LogP contribution in [-0.2, 0) is 4.74 Å². The van der Waals surface area contributed by atoms with E-state index in [0.29, 0.717) is 30.9 Å². The Balaban J connectivity index is 2.47. The van der Waals surface area contributed by atoms with E-state index in [1.165, 1.54) is 0 Å². The summed E-state index contributed by atoms with van der Waals surface area (Å²) in [7, 11) is 1.61. The molecule has 0 aliphatic heterocycles. The van der Waals surface area contributed by atoms with Crippen molar-refractivity contribution >= 4 is 17.5 Å². The number of nitrogens with one attached hydrogen (secondary N) is 1. The molecule has 1 rings (SSSR count). The fourth-order valence-corrected chi connectivity index (χ4v) is 1.93. The standard InChI is InChI=1S/C15H22ClNO3/c1-11(2)20-14-6-4-5-12(9-14)15(18)17-8-7-13(16)10-19-3/h4-6,9,11,13H,7-8,10H2,1-3H3,(H,17,18). The van der Waals surface area contributed by atoms with Crippen molar-refractivity contribution in [3.8, 4) is 5.75 Å². The lowest BCUT2D eigenvalue weighted by molar-refractivity contribution is 0.0951. The number of rotatable bonds is 8. The summed E-state index contributed by atoms with van der Waals surface area (Å²) in [4.78, 5) is 12.0. The molecule has 1 aromatic carbocycles. The molecule has 1 unspecified atom stereocenters. The lowest BCUT2D eigenvalue weighted by Gasteiger charge is -2.12. The molecule has 1 aromatic rings. The first kappa shape index (κ1) is 16.8. The molecule has 1 amide bonds. The molecular weight excluding hydrogens is 278 g/mol. The number of hydrogen-bond acceptors (Lipinski definition) is 3. The highest BCUT2D eigenvalue weighted by Gasteiger charge is 2.09. The number of amides is 1. The summed E-state index contributed by atoms with van der Waals surface area (Å²) in [5, 5.41) is 2.75. The second-order valence-electron chi connectivity index (χ2n) is 4.79. The molecule has 0 bridgehead atoms. The van der Waals surface area contributed by atoms with Crippen molar-refractivity contribution in [1.29, 1.82) is 0 Å². The fourth-order valence-electron chi connectivity index (χ4n) is 1.69. The van der Waals surface area contributed by atoms with E-state index in [1.807, 2.05) is 26.0 Å². The van der Waals surface area contributed by atoms with Crippen LogP contribution in [0.5, 0.6) is 5.75 Å². The third-order valence-electron chi connectivity index (χ3n) is 2.56. The molecule has 5 heteroatoms. The zero-order valence-corrected chi connectivity index (χ0v) is 12.9. The SMILES string of the molecule is COCC(Cl)CCNC(=O)c1cccc(OC(C)C)c1. The minimum atomic E-state index is -0.125. The van der Waals surface area contributed by atoms with Crippen LogP contribution in [0.2, 0.25) is 0 Å². The maximum Gasteiger partial charge on any atom is 0.251 e. The Morgan fingerprint density at radius 3 is 2.80 bits per heavy atom. The number of halogens is 1. The normalized spacial score (nSPS) is 12.2. The van der Waals surface area contributed by atoms with Crippen LogP contribution in [-0.4, -0.2) is 37.6 Å². The Labute approximate surface area is 125 Å². The molecule has 0 heterocycles. The lowest BCUT2D eigenvalue weighted by Crippen LogP contribution is -2.27. The van der Waals surface area contributed by atoms with Gasteiger partial charge in [0.1, 0.15) is 5.75 Å². The minimum absolute atomic E-state index is 0.0827. The molecule has 0 saturated carbocycles. The van der Waals surface area contributed by atoms with Crippen molar-refractivity contribution in [1.82, 2.24) is 5.32 Å². The zero-order chi connectivity index (χ0) is 15.0. The first-order chi connectivity index (χ1) is 9.52. The Hall–Kier alpha value is -1.26. The molecule has 0 radical (unpaired) electrons. The Morgan fingerprint density at radius 1 is 1.40 bits per heavy atom. The number of carbonyl (C=O) groups is 1. The predicted molar refractivity (Wildman–Crippen MR) is 80.7 cm³/mol. The molecule has 20 heavy (non-hydrogen) atoms. The number of ether oxygens (including phenoxy) is 2. The molecule has 112 valence electrons. The molecule has 1 atom stereocenters. The van der Waals surface area contributed by atoms with E-state index in [9.17, 15) is 4.79 Å². The first-order valence-corrected chi connectivity index (χ1v) is 7.14. The smallest absolute Gasteiger partial charge is 0.251 e. The number of benzene rings is 1. The van der Waals surface area contributed by atoms with Crippen LogP contribution in [0.25, 0.3) is 0 Å². The summed E-state index contributed by atoms with van der Waals surface area (Å²) in [6, 6.07) is 7.14. The second-order valence-corrected chi connectivity index (χ2v) is 5.41. The van der Waals surface area contributed by atoms with Gasteiger partial charge in [-0.25, -0.2) is 0 Å². The van der Waals surface area contributed by atoms with E-state index in [4.69, 9.17) is 21.1 Å². The van der Waals surface area contributed by atoms with Gasteiger partial charge in [0.05, 0.1) is 18.1 Å². The largest absolute Gasteiger partial charge is 0.491 e. The van der Waals surface area contributed by atoms with Gasteiger partial charge in [-0.1, -0.05) is 6.07 Å². The van der Waals surface area contributed by atoms with Gasteiger partial charge in [-0.3, -0.25) is 4.79 Å². The summed E-state index contributed by atoms with van der Waals surface area (Å²) in [5.41, 5.74) is 0.584. The van der Waals surface area contributed by atoms with Crippen molar-refractivity contribution < 1.29 is 14.3 Å². The predicted octanol–water partition coefficient (Wildman–Crippen LogP) is 2.85. The maximum atomic E-state index is 12.0. The zero-order valence-electron chi connectivity index (χ0n) is 12.2. The first-order valence-electron chi connectivity index (χ1n) is 6.71. The van der Waals surface area contributed by atoms with E-state index in [0.717, 1.165) is 0 Å². The van der Waals surface area contributed by atoms with Gasteiger partial charge in [-0.2, -0.15) is 0 Å². The van der Waals surface area contributed by atoms with Gasteiger partial charge >= 0.3 is 0 Å². The summed E-state index contributed by atoms with van der Waals surface area (Å²) in [5.74, 6) is 0.572. The molecule has 0 aliphatic rings. The van der Waals surface area contributed by atoms with Gasteiger partial charge < -0.3 is 14.8 Å². The van der Waals surface area contributed by atoms with Crippen molar-refractivity contribution in [2.24, 2.45) is 0 Å². The van der Waals surface area contributed by atoms with Gasteiger partial charge in [0.25, 0.3) is 5.91 Å². The highest BCUT2D eigenvalue weighted by Crippen LogP contribution is 2.14. The van der Waals surface area contributed by atoms with Crippen LogP contribution in [0.4, 0.5) is 0 Å². The molecule has 0 fully saturated rings. The van der Waals surface area contributed by atoms with Crippen molar-refractivity contribution in [2.75, 3.05) is 20.3 Å². The average Bonchev–Trinajstić information content (AvgIpc) is 2.38. The quantitative estimate of drug-likeness (QED) is 0.751. The molecule has 1 N–H and O–H groups in total. The third-order valence-corrected chi connectivity index (χ3v) is 2.90. The van der Waals surface area contributed by atoms with Crippen LogP contribution in [0.3, 0.4) is 0 Å². The molecule has 4 nitrogen and oxygen atoms in total. The lowest BCUT2D eigenvalue weighted by atomic mass is 10.2. The van der Waals surface area contributed by atoms with Crippen LogP contribution >= 0.6 is 11.6 Å². The number of alkyl halides is 1. The van der Waals surface area contributed by atoms with Gasteiger partial charge in [-0.15, -0.1) is 11.6 Å². The van der Waals surface area contributed by atoms with Gasteiger partial charge in [-0.05, 0) is 38.5 Å². The third kappa shape index (κ3) is 6.26. The van der Waals surface area contributed by atoms with Crippen LogP contribution < -0.4 is 10.1 Å². The number of hydrogen-bond donors (Lipinski definition) is 1. The summed E-state index contributed by atoms with van der Waals surface area (Å²) < 4.78 is 10.5. The highest BCUT2D eigenvalue weighted by atomic mass is 35.5. The highest BCUT2D eigenvalue weighted by molar-refractivity contribution is 6.20. The summed E-state index contributed by atoms with van der Waals surface area (Å²) >= 11 is 6.00. The van der Waals surface area contributed by atoms with E-state index < -0.39 is 0 Å². The minimum Gasteiger partial charge on any atom is -0.491 e. The van der Waals surface area contributed by atoms with E-state index in [1.54, 1.807) is 19.2 Å². The summed E-state index contributed by atoms with van der Waals surface area (Å²) in [6.45, 7) is 4.90. The average molecular weight is 300 g/mol. The molecule has 0 saturated heterocycles. The molecule has 0 aromatic heterocycles. The molecular formula is C15H22ClNO3. The molecule has 0 aliphatic carbocycles. The van der Waals surface area contributed by atoms with Crippen LogP contribution in [0.15, 0.2) is 24.3 Å². The number of methoxy groups -OCH3 is 1. The van der Waals surface area contributed by atoms with E-state index in [2.05, 4.69) is 5.32 Å². The Morgan fingerprint density at radius 2 is 2.15 bits per heavy atom. The van der Waals surface area contributed by atoms with Crippen molar-refractivity contribution in [3.05, 3.63) is 29.8 Å². The summed E-state index contributed by atoms with van der Waals surface area (Å²) in [6.07, 6.45) is 0.753. The van der Waals surface area contributed by atoms with Gasteiger partial charge in [0, 0.05) is 19.2 Å². The number of carbonyl (C=O) groups excluding carboxylic acids is 1. The van der Waals surface area contributed by atoms with E-state index >= 15 is 0 Å². The van der Waals surface area contributed by atoms with Crippen molar-refractivity contribution in [2.45, 2.75) is 31.7 Å². The Kier molecular flexibility index (Phi) is 7.41. The van der Waals surface area contributed by atoms with Gasteiger partial charge in [0.15, 0.2) is 0 Å². The van der Waals surface area contributed by atoms with Crippen LogP contribution in [0.1, 0.15) is 30.6 Å². The topological polar surface area (TPSA) is 47.6 Å². The second kappa shape index (κ2) is 8.82. The van der Waals surface area contributed by atoms with Crippen LogP contribution in [0, 0.1) is 0 Å². The van der Waals surface area contributed by atoms with Gasteiger partial charge in [0.2, 0.25) is 0 Å².